The van der Waals surface area contributed by atoms with Gasteiger partial charge in [-0.1, -0.05) is 17.7 Å². The zero-order valence-electron chi connectivity index (χ0n) is 11.9. The van der Waals surface area contributed by atoms with E-state index in [4.69, 9.17) is 11.6 Å². The van der Waals surface area contributed by atoms with Crippen LogP contribution in [-0.2, 0) is 4.79 Å². The minimum atomic E-state index is -0.995. The molecule has 0 aromatic heterocycles. The SMILES string of the molecule is Cc1c(Cl)cccc1NCCC(=O)Nc1ccc(F)c(F)c1. The summed E-state index contributed by atoms with van der Waals surface area (Å²) in [6, 6.07) is 8.70. The summed E-state index contributed by atoms with van der Waals surface area (Å²) in [5.74, 6) is -2.24. The van der Waals surface area contributed by atoms with E-state index in [1.54, 1.807) is 6.07 Å². The highest BCUT2D eigenvalue weighted by Gasteiger charge is 2.07. The number of hydrogen-bond donors (Lipinski definition) is 2. The highest BCUT2D eigenvalue weighted by atomic mass is 35.5. The number of benzene rings is 2. The summed E-state index contributed by atoms with van der Waals surface area (Å²) in [4.78, 5) is 11.8. The molecular formula is C16H15ClF2N2O. The summed E-state index contributed by atoms with van der Waals surface area (Å²) in [5.41, 5.74) is 1.99. The van der Waals surface area contributed by atoms with Crippen LogP contribution < -0.4 is 10.6 Å². The lowest BCUT2D eigenvalue weighted by Gasteiger charge is -2.11. The fourth-order valence-electron chi connectivity index (χ4n) is 1.91. The molecule has 0 aliphatic rings. The van der Waals surface area contributed by atoms with Crippen LogP contribution in [0.25, 0.3) is 0 Å². The van der Waals surface area contributed by atoms with Crippen molar-refractivity contribution < 1.29 is 13.6 Å². The van der Waals surface area contributed by atoms with Gasteiger partial charge in [0.15, 0.2) is 11.6 Å². The van der Waals surface area contributed by atoms with Crippen LogP contribution in [0, 0.1) is 18.6 Å². The van der Waals surface area contributed by atoms with E-state index >= 15 is 0 Å². The molecule has 0 saturated carbocycles. The number of carbonyl (C=O) groups excluding carboxylic acids is 1. The number of amides is 1. The predicted molar refractivity (Wildman–Crippen MR) is 84.3 cm³/mol. The minimum absolute atomic E-state index is 0.185. The van der Waals surface area contributed by atoms with Crippen LogP contribution >= 0.6 is 11.6 Å². The fourth-order valence-corrected chi connectivity index (χ4v) is 2.08. The van der Waals surface area contributed by atoms with Gasteiger partial charge in [0, 0.05) is 35.4 Å². The Morgan fingerprint density at radius 2 is 1.95 bits per heavy atom. The van der Waals surface area contributed by atoms with Crippen molar-refractivity contribution in [1.29, 1.82) is 0 Å². The smallest absolute Gasteiger partial charge is 0.226 e. The van der Waals surface area contributed by atoms with E-state index in [0.717, 1.165) is 23.4 Å². The third-order valence-corrected chi connectivity index (χ3v) is 3.55. The maximum absolute atomic E-state index is 13.0. The maximum atomic E-state index is 13.0. The van der Waals surface area contributed by atoms with Gasteiger partial charge in [0.25, 0.3) is 0 Å². The van der Waals surface area contributed by atoms with Crippen LogP contribution in [-0.4, -0.2) is 12.5 Å². The molecule has 0 unspecified atom stereocenters. The van der Waals surface area contributed by atoms with Gasteiger partial charge in [-0.3, -0.25) is 4.79 Å². The van der Waals surface area contributed by atoms with Crippen molar-refractivity contribution in [2.24, 2.45) is 0 Å². The van der Waals surface area contributed by atoms with Crippen molar-refractivity contribution in [2.75, 3.05) is 17.2 Å². The first-order valence-corrected chi connectivity index (χ1v) is 7.09. The molecule has 0 fully saturated rings. The van der Waals surface area contributed by atoms with Crippen LogP contribution in [0.2, 0.25) is 5.02 Å². The third-order valence-electron chi connectivity index (χ3n) is 3.14. The quantitative estimate of drug-likeness (QED) is 0.857. The van der Waals surface area contributed by atoms with Crippen LogP contribution in [0.5, 0.6) is 0 Å². The second-order valence-corrected chi connectivity index (χ2v) is 5.17. The van der Waals surface area contributed by atoms with Gasteiger partial charge in [-0.25, -0.2) is 8.78 Å². The molecule has 2 rings (SSSR count). The molecule has 116 valence electrons. The highest BCUT2D eigenvalue weighted by molar-refractivity contribution is 6.31. The monoisotopic (exact) mass is 324 g/mol. The summed E-state index contributed by atoms with van der Waals surface area (Å²) in [6.07, 6.45) is 0.185. The Balaban J connectivity index is 1.85. The molecule has 2 aromatic carbocycles. The number of hydrogen-bond acceptors (Lipinski definition) is 2. The van der Waals surface area contributed by atoms with E-state index in [9.17, 15) is 13.6 Å². The first-order valence-electron chi connectivity index (χ1n) is 6.71. The van der Waals surface area contributed by atoms with Crippen molar-refractivity contribution in [3.8, 4) is 0 Å². The molecule has 0 saturated heterocycles. The summed E-state index contributed by atoms with van der Waals surface area (Å²) >= 11 is 6.00. The van der Waals surface area contributed by atoms with Crippen LogP contribution in [0.3, 0.4) is 0 Å². The van der Waals surface area contributed by atoms with Crippen LogP contribution in [0.15, 0.2) is 36.4 Å². The molecule has 0 atom stereocenters. The average molecular weight is 325 g/mol. The zero-order valence-corrected chi connectivity index (χ0v) is 12.7. The standard InChI is InChI=1S/C16H15ClF2N2O/c1-10-12(17)3-2-4-15(10)20-8-7-16(22)21-11-5-6-13(18)14(19)9-11/h2-6,9,20H,7-8H2,1H3,(H,21,22). The van der Waals surface area contributed by atoms with Gasteiger partial charge in [-0.15, -0.1) is 0 Å². The predicted octanol–water partition coefficient (Wildman–Crippen LogP) is 4.37. The first kappa shape index (κ1) is 16.2. The summed E-state index contributed by atoms with van der Waals surface area (Å²) in [6.45, 7) is 2.28. The Bertz CT molecular complexity index is 692. The van der Waals surface area contributed by atoms with Crippen molar-refractivity contribution in [3.05, 3.63) is 58.6 Å². The second-order valence-electron chi connectivity index (χ2n) is 4.77. The number of halogens is 3. The molecule has 22 heavy (non-hydrogen) atoms. The molecule has 6 heteroatoms. The number of anilines is 2. The maximum Gasteiger partial charge on any atom is 0.226 e. The van der Waals surface area contributed by atoms with Crippen molar-refractivity contribution >= 4 is 28.9 Å². The van der Waals surface area contributed by atoms with Gasteiger partial charge in [0.05, 0.1) is 0 Å². The van der Waals surface area contributed by atoms with E-state index in [2.05, 4.69) is 10.6 Å². The molecule has 3 nitrogen and oxygen atoms in total. The van der Waals surface area contributed by atoms with Gasteiger partial charge >= 0.3 is 0 Å². The molecule has 0 bridgehead atoms. The Labute approximate surface area is 132 Å². The molecule has 0 spiro atoms. The third kappa shape index (κ3) is 4.18. The first-order chi connectivity index (χ1) is 10.5. The Kier molecular flexibility index (Phi) is 5.33. The van der Waals surface area contributed by atoms with E-state index in [1.807, 2.05) is 19.1 Å². The second kappa shape index (κ2) is 7.22. The number of rotatable bonds is 5. The molecule has 2 N–H and O–H groups in total. The van der Waals surface area contributed by atoms with Crippen LogP contribution in [0.1, 0.15) is 12.0 Å². The molecule has 2 aromatic rings. The number of carbonyl (C=O) groups is 1. The Morgan fingerprint density at radius 3 is 2.68 bits per heavy atom. The lowest BCUT2D eigenvalue weighted by molar-refractivity contribution is -0.115. The molecule has 0 heterocycles. The molecule has 0 radical (unpaired) electrons. The zero-order chi connectivity index (χ0) is 16.1. The van der Waals surface area contributed by atoms with Crippen LogP contribution in [0.4, 0.5) is 20.2 Å². The molecule has 1 amide bonds. The van der Waals surface area contributed by atoms with Crippen molar-refractivity contribution in [3.63, 3.8) is 0 Å². The summed E-state index contributed by atoms with van der Waals surface area (Å²) in [7, 11) is 0. The normalized spacial score (nSPS) is 10.4. The largest absolute Gasteiger partial charge is 0.384 e. The van der Waals surface area contributed by atoms with Gasteiger partial charge in [-0.05, 0) is 36.8 Å². The minimum Gasteiger partial charge on any atom is -0.384 e. The Morgan fingerprint density at radius 1 is 1.18 bits per heavy atom. The molecule has 0 aliphatic carbocycles. The summed E-state index contributed by atoms with van der Waals surface area (Å²) in [5, 5.41) is 6.27. The van der Waals surface area contributed by atoms with Crippen molar-refractivity contribution in [2.45, 2.75) is 13.3 Å². The van der Waals surface area contributed by atoms with Gasteiger partial charge in [0.2, 0.25) is 5.91 Å². The molecule has 0 aliphatic heterocycles. The van der Waals surface area contributed by atoms with E-state index in [1.165, 1.54) is 6.07 Å². The fraction of sp³-hybridized carbons (Fsp3) is 0.188. The topological polar surface area (TPSA) is 41.1 Å². The average Bonchev–Trinajstić information content (AvgIpc) is 2.47. The van der Waals surface area contributed by atoms with Gasteiger partial charge < -0.3 is 10.6 Å². The number of nitrogens with one attached hydrogen (secondary N) is 2. The van der Waals surface area contributed by atoms with Gasteiger partial charge in [0.1, 0.15) is 0 Å². The van der Waals surface area contributed by atoms with E-state index in [0.29, 0.717) is 11.6 Å². The summed E-state index contributed by atoms with van der Waals surface area (Å²) < 4.78 is 25.8. The Hall–Kier alpha value is -2.14. The highest BCUT2D eigenvalue weighted by Crippen LogP contribution is 2.22. The van der Waals surface area contributed by atoms with Crippen molar-refractivity contribution in [1.82, 2.24) is 0 Å². The van der Waals surface area contributed by atoms with E-state index in [-0.39, 0.29) is 18.0 Å². The van der Waals surface area contributed by atoms with E-state index < -0.39 is 11.6 Å². The lowest BCUT2D eigenvalue weighted by atomic mass is 10.2. The lowest BCUT2D eigenvalue weighted by Crippen LogP contribution is -2.16. The molecular weight excluding hydrogens is 310 g/mol. The van der Waals surface area contributed by atoms with Gasteiger partial charge in [-0.2, -0.15) is 0 Å².